The number of ether oxygens (including phenoxy) is 1. The van der Waals surface area contributed by atoms with Crippen molar-refractivity contribution in [1.82, 2.24) is 24.5 Å². The lowest BCUT2D eigenvalue weighted by atomic mass is 10.0. The number of rotatable bonds is 7. The number of carbonyl (C=O) groups is 1. The third-order valence-electron chi connectivity index (χ3n) is 5.77. The molecule has 0 radical (unpaired) electrons. The zero-order valence-corrected chi connectivity index (χ0v) is 21.9. The highest BCUT2D eigenvalue weighted by atomic mass is 79.9. The summed E-state index contributed by atoms with van der Waals surface area (Å²) < 4.78 is 9.27. The van der Waals surface area contributed by atoms with E-state index in [0.717, 1.165) is 33.5 Å². The summed E-state index contributed by atoms with van der Waals surface area (Å²) in [6.07, 6.45) is 3.53. The van der Waals surface area contributed by atoms with E-state index in [0.29, 0.717) is 27.5 Å². The van der Waals surface area contributed by atoms with Crippen LogP contribution in [0.25, 0.3) is 22.2 Å². The number of benzene rings is 2. The number of amides is 1. The van der Waals surface area contributed by atoms with Gasteiger partial charge in [-0.2, -0.15) is 10.2 Å². The van der Waals surface area contributed by atoms with Crippen LogP contribution < -0.4 is 10.1 Å². The van der Waals surface area contributed by atoms with Crippen LogP contribution in [-0.2, 0) is 17.9 Å². The Morgan fingerprint density at radius 3 is 2.64 bits per heavy atom. The molecule has 0 fully saturated rings. The molecule has 0 bridgehead atoms. The van der Waals surface area contributed by atoms with Gasteiger partial charge in [0.1, 0.15) is 12.3 Å². The van der Waals surface area contributed by atoms with Crippen molar-refractivity contribution >= 4 is 50.3 Å². The molecule has 2 aromatic carbocycles. The summed E-state index contributed by atoms with van der Waals surface area (Å²) in [6, 6.07) is 17.3. The topological polar surface area (TPSA) is 86.9 Å². The number of aryl methyl sites for hydroxylation is 1. The van der Waals surface area contributed by atoms with E-state index < -0.39 is 0 Å². The van der Waals surface area contributed by atoms with Gasteiger partial charge in [0.15, 0.2) is 11.5 Å². The second-order valence-corrected chi connectivity index (χ2v) is 9.45. The zero-order valence-electron chi connectivity index (χ0n) is 19.6. The van der Waals surface area contributed by atoms with Crippen LogP contribution in [0.1, 0.15) is 11.3 Å². The average molecular weight is 566 g/mol. The van der Waals surface area contributed by atoms with Gasteiger partial charge in [-0.25, -0.2) is 9.67 Å². The molecule has 0 saturated carbocycles. The largest absolute Gasteiger partial charge is 0.497 e. The maximum Gasteiger partial charge on any atom is 0.247 e. The van der Waals surface area contributed by atoms with Crippen LogP contribution in [0.4, 0.5) is 5.82 Å². The number of nitrogens with zero attached hydrogens (tertiary/aromatic N) is 5. The van der Waals surface area contributed by atoms with Gasteiger partial charge in [-0.15, -0.1) is 0 Å². The van der Waals surface area contributed by atoms with Crippen molar-refractivity contribution < 1.29 is 9.53 Å². The van der Waals surface area contributed by atoms with Crippen LogP contribution >= 0.6 is 27.5 Å². The van der Waals surface area contributed by atoms with E-state index in [2.05, 4.69) is 36.4 Å². The number of fused-ring (bicyclic) bond motifs is 1. The maximum atomic E-state index is 12.9. The van der Waals surface area contributed by atoms with Gasteiger partial charge in [-0.1, -0.05) is 41.9 Å². The molecule has 1 N–H and O–H groups in total. The number of aromatic nitrogens is 5. The molecule has 36 heavy (non-hydrogen) atoms. The molecule has 0 unspecified atom stereocenters. The van der Waals surface area contributed by atoms with Gasteiger partial charge in [0.25, 0.3) is 0 Å². The monoisotopic (exact) mass is 564 g/mol. The highest BCUT2D eigenvalue weighted by molar-refractivity contribution is 9.10. The zero-order chi connectivity index (χ0) is 25.2. The van der Waals surface area contributed by atoms with Crippen LogP contribution in [-0.4, -0.2) is 37.6 Å². The second-order valence-electron chi connectivity index (χ2n) is 8.19. The lowest BCUT2D eigenvalue weighted by Gasteiger charge is -2.07. The number of anilines is 1. The van der Waals surface area contributed by atoms with Crippen molar-refractivity contribution in [3.8, 4) is 16.9 Å². The van der Waals surface area contributed by atoms with E-state index in [1.807, 2.05) is 61.5 Å². The van der Waals surface area contributed by atoms with Crippen LogP contribution in [0.3, 0.4) is 0 Å². The van der Waals surface area contributed by atoms with E-state index in [4.69, 9.17) is 16.3 Å². The summed E-state index contributed by atoms with van der Waals surface area (Å²) in [5, 5.41) is 13.5. The van der Waals surface area contributed by atoms with Crippen LogP contribution in [0, 0.1) is 6.92 Å². The van der Waals surface area contributed by atoms with Crippen molar-refractivity contribution in [2.45, 2.75) is 20.0 Å². The molecule has 3 aromatic heterocycles. The van der Waals surface area contributed by atoms with E-state index in [-0.39, 0.29) is 12.5 Å². The molecule has 0 atom stereocenters. The average Bonchev–Trinajstić information content (AvgIpc) is 3.38. The fourth-order valence-electron chi connectivity index (χ4n) is 4.07. The number of carbonyl (C=O) groups excluding carboxylic acids is 1. The molecular formula is C26H22BrClN6O2. The fourth-order valence-corrected chi connectivity index (χ4v) is 4.68. The summed E-state index contributed by atoms with van der Waals surface area (Å²) in [6.45, 7) is 2.39. The Balaban J connectivity index is 1.36. The third-order valence-corrected chi connectivity index (χ3v) is 6.72. The molecule has 0 saturated heterocycles. The Morgan fingerprint density at radius 2 is 1.89 bits per heavy atom. The standard InChI is InChI=1S/C26H22BrClN6O2/c1-16-24-20(17-7-9-19(36-2)10-8-17)11-12-29-26(24)34(31-16)15-23(35)30-25-21(27)14-33(32-25)13-18-5-3-4-6-22(18)28/h3-12,14H,13,15H2,1-2H3,(H,30,32,35). The van der Waals surface area contributed by atoms with Gasteiger partial charge in [0.2, 0.25) is 5.91 Å². The van der Waals surface area contributed by atoms with Crippen LogP contribution in [0.2, 0.25) is 5.02 Å². The van der Waals surface area contributed by atoms with Gasteiger partial charge in [0, 0.05) is 22.8 Å². The normalized spacial score (nSPS) is 11.1. The molecular weight excluding hydrogens is 544 g/mol. The molecule has 0 spiro atoms. The van der Waals surface area contributed by atoms with E-state index in [1.165, 1.54) is 0 Å². The van der Waals surface area contributed by atoms with E-state index in [9.17, 15) is 4.79 Å². The summed E-state index contributed by atoms with van der Waals surface area (Å²) in [5.74, 6) is 0.945. The number of hydrogen-bond acceptors (Lipinski definition) is 5. The number of nitrogens with one attached hydrogen (secondary N) is 1. The van der Waals surface area contributed by atoms with Crippen molar-refractivity contribution in [1.29, 1.82) is 0 Å². The quantitative estimate of drug-likeness (QED) is 0.273. The first-order valence-electron chi connectivity index (χ1n) is 11.2. The van der Waals surface area contributed by atoms with E-state index >= 15 is 0 Å². The number of methoxy groups -OCH3 is 1. The molecule has 1 amide bonds. The highest BCUT2D eigenvalue weighted by Gasteiger charge is 2.17. The first-order chi connectivity index (χ1) is 17.4. The van der Waals surface area contributed by atoms with Gasteiger partial charge >= 0.3 is 0 Å². The Labute approximate surface area is 221 Å². The molecule has 8 nitrogen and oxygen atoms in total. The minimum Gasteiger partial charge on any atom is -0.497 e. The number of halogens is 2. The summed E-state index contributed by atoms with van der Waals surface area (Å²) in [5.41, 5.74) is 4.38. The predicted molar refractivity (Wildman–Crippen MR) is 143 cm³/mol. The molecule has 0 aliphatic rings. The summed E-state index contributed by atoms with van der Waals surface area (Å²) >= 11 is 9.74. The molecule has 182 valence electrons. The second kappa shape index (κ2) is 10.1. The molecule has 3 heterocycles. The van der Waals surface area contributed by atoms with Crippen LogP contribution in [0.15, 0.2) is 71.5 Å². The lowest BCUT2D eigenvalue weighted by Crippen LogP contribution is -2.20. The molecule has 5 aromatic rings. The molecule has 5 rings (SSSR count). The van der Waals surface area contributed by atoms with Gasteiger partial charge in [-0.05, 0) is 63.8 Å². The maximum absolute atomic E-state index is 12.9. The Morgan fingerprint density at radius 1 is 1.11 bits per heavy atom. The summed E-state index contributed by atoms with van der Waals surface area (Å²) in [7, 11) is 1.64. The van der Waals surface area contributed by atoms with Crippen molar-refractivity contribution in [2.24, 2.45) is 0 Å². The lowest BCUT2D eigenvalue weighted by molar-refractivity contribution is -0.116. The van der Waals surface area contributed by atoms with Crippen molar-refractivity contribution in [3.05, 3.63) is 87.7 Å². The minimum absolute atomic E-state index is 0.00673. The minimum atomic E-state index is -0.264. The van der Waals surface area contributed by atoms with Gasteiger partial charge in [-0.3, -0.25) is 9.48 Å². The summed E-state index contributed by atoms with van der Waals surface area (Å²) in [4.78, 5) is 17.4. The first kappa shape index (κ1) is 24.0. The molecule has 0 aliphatic heterocycles. The highest BCUT2D eigenvalue weighted by Crippen LogP contribution is 2.31. The third kappa shape index (κ3) is 4.84. The molecule has 0 aliphatic carbocycles. The predicted octanol–water partition coefficient (Wildman–Crippen LogP) is 5.71. The smallest absolute Gasteiger partial charge is 0.247 e. The number of pyridine rings is 1. The Hall–Kier alpha value is -3.69. The fraction of sp³-hybridized carbons (Fsp3) is 0.154. The van der Waals surface area contributed by atoms with Gasteiger partial charge in [0.05, 0.1) is 23.8 Å². The Kier molecular flexibility index (Phi) is 6.75. The van der Waals surface area contributed by atoms with Crippen molar-refractivity contribution in [2.75, 3.05) is 12.4 Å². The van der Waals surface area contributed by atoms with Crippen LogP contribution in [0.5, 0.6) is 5.75 Å². The van der Waals surface area contributed by atoms with Crippen molar-refractivity contribution in [3.63, 3.8) is 0 Å². The number of hydrogen-bond donors (Lipinski definition) is 1. The first-order valence-corrected chi connectivity index (χ1v) is 12.3. The van der Waals surface area contributed by atoms with Gasteiger partial charge < -0.3 is 10.1 Å². The molecule has 10 heteroatoms. The Bertz CT molecular complexity index is 1560. The van der Waals surface area contributed by atoms with E-state index in [1.54, 1.807) is 28.9 Å². The SMILES string of the molecule is COc1ccc(-c2ccnc3c2c(C)nn3CC(=O)Nc2nn(Cc3ccccc3Cl)cc2Br)cc1.